The molecule has 3 aromatic rings. The van der Waals surface area contributed by atoms with Gasteiger partial charge in [0, 0.05) is 44.1 Å². The standard InChI is InChI=1S/C20H21F3N6O2/c21-13-8-15-16(11-25-17(15)24-9-13)28-19(31)27-14-7-12(1-6-30)18(26-10-14)29-4-2-20(22,23)3-5-29/h7-11,30H,1-6H2,(H,24,25)(H2,27,28,31). The van der Waals surface area contributed by atoms with Crippen molar-refractivity contribution in [3.63, 3.8) is 0 Å². The minimum atomic E-state index is -2.67. The number of nitrogens with one attached hydrogen (secondary N) is 3. The van der Waals surface area contributed by atoms with Gasteiger partial charge in [-0.3, -0.25) is 0 Å². The monoisotopic (exact) mass is 434 g/mol. The highest BCUT2D eigenvalue weighted by Crippen LogP contribution is 2.32. The van der Waals surface area contributed by atoms with Gasteiger partial charge in [-0.2, -0.15) is 0 Å². The van der Waals surface area contributed by atoms with E-state index < -0.39 is 17.8 Å². The van der Waals surface area contributed by atoms with Crippen molar-refractivity contribution < 1.29 is 23.1 Å². The number of aromatic amines is 1. The second-order valence-electron chi connectivity index (χ2n) is 7.35. The molecule has 1 aliphatic heterocycles. The fourth-order valence-corrected chi connectivity index (χ4v) is 3.57. The number of nitrogens with zero attached hydrogens (tertiary/aromatic N) is 3. The van der Waals surface area contributed by atoms with Crippen molar-refractivity contribution in [1.82, 2.24) is 15.0 Å². The van der Waals surface area contributed by atoms with Crippen molar-refractivity contribution >= 4 is 34.3 Å². The highest BCUT2D eigenvalue weighted by atomic mass is 19.3. The van der Waals surface area contributed by atoms with Crippen LogP contribution in [0.3, 0.4) is 0 Å². The molecule has 1 aliphatic rings. The number of piperidine rings is 1. The molecule has 0 atom stereocenters. The first-order valence-electron chi connectivity index (χ1n) is 9.78. The van der Waals surface area contributed by atoms with E-state index in [-0.39, 0.29) is 39.0 Å². The summed E-state index contributed by atoms with van der Waals surface area (Å²) in [5.74, 6) is -2.68. The lowest BCUT2D eigenvalue weighted by Crippen LogP contribution is -2.40. The molecule has 0 bridgehead atoms. The van der Waals surface area contributed by atoms with Crippen LogP contribution in [0.25, 0.3) is 11.0 Å². The molecule has 0 unspecified atom stereocenters. The van der Waals surface area contributed by atoms with Crippen molar-refractivity contribution in [3.8, 4) is 0 Å². The number of hydrogen-bond donors (Lipinski definition) is 4. The van der Waals surface area contributed by atoms with Crippen LogP contribution in [0.5, 0.6) is 0 Å². The largest absolute Gasteiger partial charge is 0.396 e. The maximum absolute atomic E-state index is 13.5. The van der Waals surface area contributed by atoms with Gasteiger partial charge >= 0.3 is 6.03 Å². The molecule has 4 rings (SSSR count). The molecular formula is C20H21F3N6O2. The van der Waals surface area contributed by atoms with Crippen molar-refractivity contribution in [3.05, 3.63) is 42.1 Å². The van der Waals surface area contributed by atoms with Crippen LogP contribution in [-0.4, -0.2) is 51.7 Å². The van der Waals surface area contributed by atoms with Crippen LogP contribution in [0.15, 0.2) is 30.7 Å². The maximum atomic E-state index is 13.5. The van der Waals surface area contributed by atoms with E-state index in [0.29, 0.717) is 33.8 Å². The van der Waals surface area contributed by atoms with Gasteiger partial charge in [-0.25, -0.2) is 27.9 Å². The third-order valence-electron chi connectivity index (χ3n) is 5.12. The van der Waals surface area contributed by atoms with E-state index in [1.54, 1.807) is 11.0 Å². The van der Waals surface area contributed by atoms with Gasteiger partial charge in [0.05, 0.1) is 23.8 Å². The fraction of sp³-hybridized carbons (Fsp3) is 0.350. The molecule has 2 amide bonds. The van der Waals surface area contributed by atoms with Gasteiger partial charge in [-0.1, -0.05) is 0 Å². The number of anilines is 3. The number of urea groups is 1. The molecule has 3 aromatic heterocycles. The molecule has 8 nitrogen and oxygen atoms in total. The van der Waals surface area contributed by atoms with Crippen LogP contribution in [0.4, 0.5) is 35.2 Å². The second-order valence-corrected chi connectivity index (χ2v) is 7.35. The van der Waals surface area contributed by atoms with E-state index in [2.05, 4.69) is 25.6 Å². The summed E-state index contributed by atoms with van der Waals surface area (Å²) in [4.78, 5) is 25.3. The van der Waals surface area contributed by atoms with E-state index in [9.17, 15) is 23.1 Å². The van der Waals surface area contributed by atoms with Crippen molar-refractivity contribution in [2.75, 3.05) is 35.2 Å². The summed E-state index contributed by atoms with van der Waals surface area (Å²) < 4.78 is 40.4. The predicted octanol–water partition coefficient (Wildman–Crippen LogP) is 3.51. The number of H-pyrrole nitrogens is 1. The molecule has 0 aliphatic carbocycles. The Labute approximate surface area is 175 Å². The highest BCUT2D eigenvalue weighted by Gasteiger charge is 2.34. The zero-order chi connectivity index (χ0) is 22.0. The number of fused-ring (bicyclic) bond motifs is 1. The number of aromatic nitrogens is 3. The topological polar surface area (TPSA) is 106 Å². The first kappa shape index (κ1) is 20.9. The zero-order valence-corrected chi connectivity index (χ0v) is 16.5. The second kappa shape index (κ2) is 8.42. The Morgan fingerprint density at radius 3 is 2.71 bits per heavy atom. The number of halogens is 3. The molecule has 0 saturated carbocycles. The first-order valence-corrected chi connectivity index (χ1v) is 9.78. The van der Waals surface area contributed by atoms with E-state index in [1.165, 1.54) is 18.5 Å². The molecule has 0 radical (unpaired) electrons. The summed E-state index contributed by atoms with van der Waals surface area (Å²) in [7, 11) is 0. The van der Waals surface area contributed by atoms with Crippen LogP contribution in [0, 0.1) is 5.82 Å². The summed E-state index contributed by atoms with van der Waals surface area (Å²) in [6.45, 7) is 0.177. The van der Waals surface area contributed by atoms with Gasteiger partial charge < -0.3 is 25.6 Å². The lowest BCUT2D eigenvalue weighted by Gasteiger charge is -2.33. The van der Waals surface area contributed by atoms with Crippen molar-refractivity contribution in [2.45, 2.75) is 25.2 Å². The van der Waals surface area contributed by atoms with Crippen LogP contribution in [0.2, 0.25) is 0 Å². The van der Waals surface area contributed by atoms with Gasteiger partial charge in [-0.05, 0) is 24.1 Å². The number of alkyl halides is 2. The number of pyridine rings is 2. The SMILES string of the molecule is O=C(Nc1cnc(N2CCC(F)(F)CC2)c(CCO)c1)Nc1c[nH]c2ncc(F)cc12. The number of hydrogen-bond acceptors (Lipinski definition) is 5. The molecule has 1 saturated heterocycles. The van der Waals surface area contributed by atoms with Gasteiger partial charge in [0.1, 0.15) is 17.3 Å². The quantitative estimate of drug-likeness (QED) is 0.492. The molecule has 31 heavy (non-hydrogen) atoms. The molecule has 0 aromatic carbocycles. The van der Waals surface area contributed by atoms with Gasteiger partial charge in [0.2, 0.25) is 0 Å². The minimum Gasteiger partial charge on any atom is -0.396 e. The maximum Gasteiger partial charge on any atom is 0.323 e. The summed E-state index contributed by atoms with van der Waals surface area (Å²) >= 11 is 0. The molecule has 0 spiro atoms. The predicted molar refractivity (Wildman–Crippen MR) is 110 cm³/mol. The zero-order valence-electron chi connectivity index (χ0n) is 16.5. The Hall–Kier alpha value is -3.34. The smallest absolute Gasteiger partial charge is 0.323 e. The normalized spacial score (nSPS) is 15.8. The molecular weight excluding hydrogens is 413 g/mol. The summed E-state index contributed by atoms with van der Waals surface area (Å²) in [6.07, 6.45) is 3.76. The van der Waals surface area contributed by atoms with Gasteiger partial charge in [0.25, 0.3) is 5.92 Å². The lowest BCUT2D eigenvalue weighted by atomic mass is 10.1. The Balaban J connectivity index is 1.48. The third kappa shape index (κ3) is 4.71. The number of carbonyl (C=O) groups excluding carboxylic acids is 1. The van der Waals surface area contributed by atoms with E-state index in [0.717, 1.165) is 6.20 Å². The van der Waals surface area contributed by atoms with Gasteiger partial charge in [0.15, 0.2) is 0 Å². The molecule has 1 fully saturated rings. The summed E-state index contributed by atoms with van der Waals surface area (Å²) in [5.41, 5.74) is 1.80. The highest BCUT2D eigenvalue weighted by molar-refractivity contribution is 6.05. The van der Waals surface area contributed by atoms with E-state index >= 15 is 0 Å². The Morgan fingerprint density at radius 1 is 1.19 bits per heavy atom. The fourth-order valence-electron chi connectivity index (χ4n) is 3.57. The molecule has 4 heterocycles. The van der Waals surface area contributed by atoms with E-state index in [4.69, 9.17) is 0 Å². The Kier molecular flexibility index (Phi) is 5.68. The number of aliphatic hydroxyl groups excluding tert-OH is 1. The Bertz CT molecular complexity index is 1090. The molecule has 4 N–H and O–H groups in total. The average Bonchev–Trinajstić information content (AvgIpc) is 3.10. The lowest BCUT2D eigenvalue weighted by molar-refractivity contribution is -0.0221. The molecule has 164 valence electrons. The van der Waals surface area contributed by atoms with Crippen LogP contribution < -0.4 is 15.5 Å². The Morgan fingerprint density at radius 2 is 1.97 bits per heavy atom. The number of carbonyl (C=O) groups is 1. The van der Waals surface area contributed by atoms with E-state index in [1.807, 2.05) is 0 Å². The van der Waals surface area contributed by atoms with Crippen LogP contribution in [-0.2, 0) is 6.42 Å². The third-order valence-corrected chi connectivity index (χ3v) is 5.12. The number of amides is 2. The van der Waals surface area contributed by atoms with Crippen molar-refractivity contribution in [1.29, 1.82) is 0 Å². The van der Waals surface area contributed by atoms with Crippen LogP contribution in [0.1, 0.15) is 18.4 Å². The van der Waals surface area contributed by atoms with Crippen LogP contribution >= 0.6 is 0 Å². The summed E-state index contributed by atoms with van der Waals surface area (Å²) in [6, 6.07) is 2.33. The summed E-state index contributed by atoms with van der Waals surface area (Å²) in [5, 5.41) is 15.1. The average molecular weight is 434 g/mol. The van der Waals surface area contributed by atoms with Gasteiger partial charge in [-0.15, -0.1) is 0 Å². The van der Waals surface area contributed by atoms with Crippen molar-refractivity contribution in [2.24, 2.45) is 0 Å². The number of aliphatic hydroxyl groups is 1. The first-order chi connectivity index (χ1) is 14.8. The number of rotatable bonds is 5. The molecule has 11 heteroatoms. The minimum absolute atomic E-state index is 0.151.